The number of ether oxygens (including phenoxy) is 1. The summed E-state index contributed by atoms with van der Waals surface area (Å²) in [4.78, 5) is 14.6. The van der Waals surface area contributed by atoms with E-state index in [9.17, 15) is 4.79 Å². The highest BCUT2D eigenvalue weighted by molar-refractivity contribution is 5.79. The van der Waals surface area contributed by atoms with Crippen molar-refractivity contribution in [2.75, 3.05) is 20.3 Å². The average Bonchev–Trinajstić information content (AvgIpc) is 2.99. The normalized spacial score (nSPS) is 15.5. The van der Waals surface area contributed by atoms with Crippen LogP contribution in [0.4, 0.5) is 0 Å². The number of benzene rings is 1. The van der Waals surface area contributed by atoms with Crippen LogP contribution in [0.25, 0.3) is 0 Å². The molecule has 0 atom stereocenters. The van der Waals surface area contributed by atoms with E-state index < -0.39 is 0 Å². The second kappa shape index (κ2) is 7.44. The van der Waals surface area contributed by atoms with Gasteiger partial charge >= 0.3 is 0 Å². The van der Waals surface area contributed by atoms with Gasteiger partial charge in [0.15, 0.2) is 0 Å². The Bertz CT molecular complexity index is 438. The van der Waals surface area contributed by atoms with E-state index in [4.69, 9.17) is 4.74 Å². The molecular formula is C17H25NO2. The molecule has 0 aliphatic heterocycles. The van der Waals surface area contributed by atoms with E-state index in [-0.39, 0.29) is 5.92 Å². The minimum atomic E-state index is 0.232. The zero-order valence-electron chi connectivity index (χ0n) is 12.6. The van der Waals surface area contributed by atoms with Crippen molar-refractivity contribution in [1.82, 2.24) is 4.90 Å². The first-order valence-electron chi connectivity index (χ1n) is 7.54. The molecule has 0 radical (unpaired) electrons. The molecule has 0 spiro atoms. The number of nitrogens with zero attached hydrogens (tertiary/aromatic N) is 1. The monoisotopic (exact) mass is 275 g/mol. The third kappa shape index (κ3) is 3.83. The summed E-state index contributed by atoms with van der Waals surface area (Å²) < 4.78 is 5.16. The molecule has 2 rings (SSSR count). The molecule has 1 aromatic carbocycles. The summed E-state index contributed by atoms with van der Waals surface area (Å²) in [6, 6.07) is 8.29. The number of hydrogen-bond acceptors (Lipinski definition) is 2. The molecule has 0 bridgehead atoms. The molecule has 0 saturated heterocycles. The van der Waals surface area contributed by atoms with Gasteiger partial charge in [-0.3, -0.25) is 4.79 Å². The average molecular weight is 275 g/mol. The zero-order chi connectivity index (χ0) is 14.4. The summed E-state index contributed by atoms with van der Waals surface area (Å²) in [7, 11) is 1.69. The van der Waals surface area contributed by atoms with Crippen molar-refractivity contribution in [3.05, 3.63) is 35.4 Å². The molecule has 0 N–H and O–H groups in total. The zero-order valence-corrected chi connectivity index (χ0v) is 12.6. The van der Waals surface area contributed by atoms with E-state index in [0.717, 1.165) is 12.8 Å². The molecule has 1 aliphatic rings. The maximum absolute atomic E-state index is 12.6. The van der Waals surface area contributed by atoms with Crippen LogP contribution in [0.5, 0.6) is 0 Å². The summed E-state index contributed by atoms with van der Waals surface area (Å²) in [5.74, 6) is 0.540. The van der Waals surface area contributed by atoms with E-state index in [1.807, 2.05) is 17.0 Å². The van der Waals surface area contributed by atoms with E-state index in [1.165, 1.54) is 24.0 Å². The third-order valence-corrected chi connectivity index (χ3v) is 4.20. The highest BCUT2D eigenvalue weighted by atomic mass is 16.5. The Kier molecular flexibility index (Phi) is 5.60. The molecule has 0 unspecified atom stereocenters. The van der Waals surface area contributed by atoms with Crippen LogP contribution in [0, 0.1) is 12.8 Å². The number of methoxy groups -OCH3 is 1. The van der Waals surface area contributed by atoms with Gasteiger partial charge in [-0.05, 0) is 30.9 Å². The van der Waals surface area contributed by atoms with Gasteiger partial charge in [-0.2, -0.15) is 0 Å². The van der Waals surface area contributed by atoms with Crippen LogP contribution in [0.2, 0.25) is 0 Å². The van der Waals surface area contributed by atoms with Gasteiger partial charge in [0, 0.05) is 26.1 Å². The first kappa shape index (κ1) is 15.0. The van der Waals surface area contributed by atoms with Crippen molar-refractivity contribution in [3.8, 4) is 0 Å². The standard InChI is InChI=1S/C17H25NO2/c1-14-7-3-4-10-16(14)13-18(11-12-20-2)17(19)15-8-5-6-9-15/h3-4,7,10,15H,5-6,8-9,11-13H2,1-2H3. The summed E-state index contributed by atoms with van der Waals surface area (Å²) in [5.41, 5.74) is 2.48. The summed E-state index contributed by atoms with van der Waals surface area (Å²) >= 11 is 0. The lowest BCUT2D eigenvalue weighted by Crippen LogP contribution is -2.37. The molecule has 3 heteroatoms. The fraction of sp³-hybridized carbons (Fsp3) is 0.588. The Morgan fingerprint density at radius 2 is 2.00 bits per heavy atom. The lowest BCUT2D eigenvalue weighted by Gasteiger charge is -2.26. The SMILES string of the molecule is COCCN(Cc1ccccc1C)C(=O)C1CCCC1. The highest BCUT2D eigenvalue weighted by Gasteiger charge is 2.27. The largest absolute Gasteiger partial charge is 0.383 e. The first-order chi connectivity index (χ1) is 9.72. The minimum Gasteiger partial charge on any atom is -0.383 e. The minimum absolute atomic E-state index is 0.232. The molecule has 0 heterocycles. The van der Waals surface area contributed by atoms with Crippen LogP contribution >= 0.6 is 0 Å². The fourth-order valence-electron chi connectivity index (χ4n) is 2.89. The van der Waals surface area contributed by atoms with Crippen molar-refractivity contribution < 1.29 is 9.53 Å². The smallest absolute Gasteiger partial charge is 0.226 e. The number of hydrogen-bond donors (Lipinski definition) is 0. The highest BCUT2D eigenvalue weighted by Crippen LogP contribution is 2.27. The van der Waals surface area contributed by atoms with Gasteiger partial charge < -0.3 is 9.64 Å². The van der Waals surface area contributed by atoms with Gasteiger partial charge in [-0.25, -0.2) is 0 Å². The van der Waals surface area contributed by atoms with E-state index >= 15 is 0 Å². The Morgan fingerprint density at radius 1 is 1.30 bits per heavy atom. The predicted molar refractivity (Wildman–Crippen MR) is 80.4 cm³/mol. The van der Waals surface area contributed by atoms with Gasteiger partial charge in [0.05, 0.1) is 6.61 Å². The van der Waals surface area contributed by atoms with Gasteiger partial charge in [-0.15, -0.1) is 0 Å². The van der Waals surface area contributed by atoms with Gasteiger partial charge in [0.1, 0.15) is 0 Å². The summed E-state index contributed by atoms with van der Waals surface area (Å²) in [6.45, 7) is 4.08. The van der Waals surface area contributed by atoms with Crippen LogP contribution in [-0.4, -0.2) is 31.1 Å². The van der Waals surface area contributed by atoms with Gasteiger partial charge in [0.25, 0.3) is 0 Å². The quantitative estimate of drug-likeness (QED) is 0.798. The summed E-state index contributed by atoms with van der Waals surface area (Å²) in [6.07, 6.45) is 4.49. The van der Waals surface area contributed by atoms with Crippen molar-refractivity contribution in [3.63, 3.8) is 0 Å². The molecule has 1 saturated carbocycles. The number of carbonyl (C=O) groups is 1. The van der Waals surface area contributed by atoms with Gasteiger partial charge in [0.2, 0.25) is 5.91 Å². The van der Waals surface area contributed by atoms with E-state index in [1.54, 1.807) is 7.11 Å². The van der Waals surface area contributed by atoms with Crippen LogP contribution in [-0.2, 0) is 16.1 Å². The van der Waals surface area contributed by atoms with Crippen molar-refractivity contribution in [1.29, 1.82) is 0 Å². The van der Waals surface area contributed by atoms with E-state index in [0.29, 0.717) is 25.6 Å². The van der Waals surface area contributed by atoms with Gasteiger partial charge in [-0.1, -0.05) is 37.1 Å². The Labute approximate surface area is 121 Å². The maximum Gasteiger partial charge on any atom is 0.226 e. The number of amides is 1. The Balaban J connectivity index is 2.06. The molecule has 110 valence electrons. The lowest BCUT2D eigenvalue weighted by atomic mass is 10.0. The van der Waals surface area contributed by atoms with Crippen molar-refractivity contribution >= 4 is 5.91 Å². The maximum atomic E-state index is 12.6. The molecule has 3 nitrogen and oxygen atoms in total. The lowest BCUT2D eigenvalue weighted by molar-refractivity contribution is -0.136. The van der Waals surface area contributed by atoms with Crippen molar-refractivity contribution in [2.45, 2.75) is 39.2 Å². The number of rotatable bonds is 6. The molecule has 20 heavy (non-hydrogen) atoms. The van der Waals surface area contributed by atoms with Crippen molar-refractivity contribution in [2.24, 2.45) is 5.92 Å². The molecular weight excluding hydrogens is 250 g/mol. The van der Waals surface area contributed by atoms with Crippen LogP contribution in [0.15, 0.2) is 24.3 Å². The first-order valence-corrected chi connectivity index (χ1v) is 7.54. The Morgan fingerprint density at radius 3 is 2.65 bits per heavy atom. The molecule has 1 aromatic rings. The van der Waals surface area contributed by atoms with E-state index in [2.05, 4.69) is 19.1 Å². The second-order valence-corrected chi connectivity index (χ2v) is 5.66. The summed E-state index contributed by atoms with van der Waals surface area (Å²) in [5, 5.41) is 0. The molecule has 1 amide bonds. The van der Waals surface area contributed by atoms with Crippen LogP contribution in [0.1, 0.15) is 36.8 Å². The number of aryl methyl sites for hydroxylation is 1. The predicted octanol–water partition coefficient (Wildman–Crippen LogP) is 3.16. The van der Waals surface area contributed by atoms with Crippen LogP contribution in [0.3, 0.4) is 0 Å². The van der Waals surface area contributed by atoms with Crippen LogP contribution < -0.4 is 0 Å². The fourth-order valence-corrected chi connectivity index (χ4v) is 2.89. The third-order valence-electron chi connectivity index (χ3n) is 4.20. The number of carbonyl (C=O) groups excluding carboxylic acids is 1. The second-order valence-electron chi connectivity index (χ2n) is 5.66. The Hall–Kier alpha value is -1.35. The molecule has 1 aliphatic carbocycles. The molecule has 1 fully saturated rings. The topological polar surface area (TPSA) is 29.5 Å². The molecule has 0 aromatic heterocycles.